The van der Waals surface area contributed by atoms with Gasteiger partial charge in [0.15, 0.2) is 11.5 Å². The van der Waals surface area contributed by atoms with E-state index in [1.807, 2.05) is 42.5 Å². The number of ether oxygens (including phenoxy) is 3. The minimum atomic E-state index is -0.382. The molecule has 0 bridgehead atoms. The summed E-state index contributed by atoms with van der Waals surface area (Å²) in [7, 11) is 0. The first-order chi connectivity index (χ1) is 16.9. The zero-order chi connectivity index (χ0) is 24.5. The maximum Gasteiger partial charge on any atom is 0.293 e. The van der Waals surface area contributed by atoms with E-state index in [0.29, 0.717) is 44.4 Å². The number of carbonyl (C=O) groups excluding carboxylic acids is 2. The zero-order valence-electron chi connectivity index (χ0n) is 17.9. The molecular formula is C25H16BrCl2NO5S. The molecule has 0 unspecified atom stereocenters. The smallest absolute Gasteiger partial charge is 0.293 e. The highest BCUT2D eigenvalue weighted by Crippen LogP contribution is 2.39. The van der Waals surface area contributed by atoms with Gasteiger partial charge in [0.05, 0.1) is 15.9 Å². The van der Waals surface area contributed by atoms with Crippen molar-refractivity contribution in [1.82, 2.24) is 4.90 Å². The zero-order valence-corrected chi connectivity index (χ0v) is 21.8. The Morgan fingerprint density at radius 3 is 2.51 bits per heavy atom. The summed E-state index contributed by atoms with van der Waals surface area (Å²) < 4.78 is 17.3. The third-order valence-electron chi connectivity index (χ3n) is 5.30. The maximum atomic E-state index is 13.0. The molecule has 2 aliphatic heterocycles. The Morgan fingerprint density at radius 1 is 1.03 bits per heavy atom. The highest BCUT2D eigenvalue weighted by molar-refractivity contribution is 9.10. The lowest BCUT2D eigenvalue weighted by atomic mass is 10.1. The normalized spacial score (nSPS) is 15.9. The van der Waals surface area contributed by atoms with Crippen LogP contribution < -0.4 is 14.2 Å². The Kier molecular flexibility index (Phi) is 6.98. The molecule has 2 aliphatic rings. The number of halogens is 3. The number of benzene rings is 3. The average Bonchev–Trinajstić information content (AvgIpc) is 3.39. The summed E-state index contributed by atoms with van der Waals surface area (Å²) in [6.07, 6.45) is 1.68. The van der Waals surface area contributed by atoms with E-state index in [1.165, 1.54) is 4.90 Å². The van der Waals surface area contributed by atoms with Gasteiger partial charge in [-0.25, -0.2) is 0 Å². The molecule has 0 radical (unpaired) electrons. The molecule has 35 heavy (non-hydrogen) atoms. The molecule has 3 aromatic carbocycles. The summed E-state index contributed by atoms with van der Waals surface area (Å²) >= 11 is 16.6. The van der Waals surface area contributed by atoms with Crippen LogP contribution in [0.25, 0.3) is 6.08 Å². The molecule has 0 aromatic heterocycles. The molecule has 178 valence electrons. The molecule has 0 aliphatic carbocycles. The summed E-state index contributed by atoms with van der Waals surface area (Å²) in [6.45, 7) is 0.537. The molecule has 1 fully saturated rings. The second kappa shape index (κ2) is 10.1. The van der Waals surface area contributed by atoms with Crippen LogP contribution in [-0.4, -0.2) is 22.8 Å². The molecular weight excluding hydrogens is 577 g/mol. The number of hydrogen-bond acceptors (Lipinski definition) is 6. The van der Waals surface area contributed by atoms with Gasteiger partial charge in [-0.05, 0) is 80.8 Å². The van der Waals surface area contributed by atoms with E-state index in [-0.39, 0.29) is 24.5 Å². The van der Waals surface area contributed by atoms with Crippen molar-refractivity contribution in [2.45, 2.75) is 13.2 Å². The number of fused-ring (bicyclic) bond motifs is 1. The molecule has 0 spiro atoms. The van der Waals surface area contributed by atoms with Gasteiger partial charge in [0.25, 0.3) is 11.1 Å². The fourth-order valence-electron chi connectivity index (χ4n) is 3.50. The average molecular weight is 593 g/mol. The van der Waals surface area contributed by atoms with Crippen molar-refractivity contribution in [3.8, 4) is 17.2 Å². The molecule has 3 aromatic rings. The second-order valence-electron chi connectivity index (χ2n) is 7.67. The molecule has 0 saturated carbocycles. The number of hydrogen-bond donors (Lipinski definition) is 0. The third kappa shape index (κ3) is 5.30. The minimum Gasteiger partial charge on any atom is -0.488 e. The van der Waals surface area contributed by atoms with E-state index in [4.69, 9.17) is 37.4 Å². The molecule has 10 heteroatoms. The van der Waals surface area contributed by atoms with Crippen LogP contribution in [0.15, 0.2) is 64.0 Å². The van der Waals surface area contributed by atoms with E-state index >= 15 is 0 Å². The number of rotatable bonds is 6. The van der Waals surface area contributed by atoms with E-state index < -0.39 is 0 Å². The fourth-order valence-corrected chi connectivity index (χ4v) is 5.19. The van der Waals surface area contributed by atoms with Gasteiger partial charge in [0, 0.05) is 16.1 Å². The molecule has 1 saturated heterocycles. The van der Waals surface area contributed by atoms with Gasteiger partial charge in [0.2, 0.25) is 6.79 Å². The molecule has 0 N–H and O–H groups in total. The van der Waals surface area contributed by atoms with Crippen LogP contribution in [0.5, 0.6) is 17.2 Å². The van der Waals surface area contributed by atoms with Crippen molar-refractivity contribution in [3.63, 3.8) is 0 Å². The van der Waals surface area contributed by atoms with Crippen molar-refractivity contribution in [3.05, 3.63) is 90.7 Å². The van der Waals surface area contributed by atoms with Gasteiger partial charge < -0.3 is 14.2 Å². The quantitative estimate of drug-likeness (QED) is 0.280. The van der Waals surface area contributed by atoms with Crippen LogP contribution in [0.4, 0.5) is 4.79 Å². The first-order valence-electron chi connectivity index (χ1n) is 10.4. The maximum absolute atomic E-state index is 13.0. The molecule has 2 amide bonds. The summed E-state index contributed by atoms with van der Waals surface area (Å²) in [5.41, 5.74) is 2.34. The Labute approximate surface area is 223 Å². The van der Waals surface area contributed by atoms with E-state index in [1.54, 1.807) is 18.2 Å². The number of thioether (sulfide) groups is 1. The van der Waals surface area contributed by atoms with Gasteiger partial charge in [-0.15, -0.1) is 0 Å². The lowest BCUT2D eigenvalue weighted by Crippen LogP contribution is -2.27. The SMILES string of the molecule is O=C1S/C(=C/c2ccc(OCc3ccc(Cl)cc3)c(Br)c2)C(=O)N1Cc1cc2c(cc1Cl)OCO2. The molecule has 6 nitrogen and oxygen atoms in total. The highest BCUT2D eigenvalue weighted by atomic mass is 79.9. The minimum absolute atomic E-state index is 0.0403. The Morgan fingerprint density at radius 2 is 1.77 bits per heavy atom. The van der Waals surface area contributed by atoms with E-state index in [9.17, 15) is 9.59 Å². The van der Waals surface area contributed by atoms with Gasteiger partial charge >= 0.3 is 0 Å². The van der Waals surface area contributed by atoms with Crippen molar-refractivity contribution in [2.24, 2.45) is 0 Å². The van der Waals surface area contributed by atoms with Crippen molar-refractivity contribution >= 4 is 68.1 Å². The fraction of sp³-hybridized carbons (Fsp3) is 0.120. The number of imide groups is 1. The van der Waals surface area contributed by atoms with Gasteiger partial charge in [0.1, 0.15) is 12.4 Å². The highest BCUT2D eigenvalue weighted by Gasteiger charge is 2.35. The summed E-state index contributed by atoms with van der Waals surface area (Å²) in [4.78, 5) is 27.1. The van der Waals surface area contributed by atoms with Crippen LogP contribution in [0.2, 0.25) is 10.0 Å². The summed E-state index contributed by atoms with van der Waals surface area (Å²) in [5, 5.41) is 0.704. The summed E-state index contributed by atoms with van der Waals surface area (Å²) in [5.74, 6) is 1.35. The van der Waals surface area contributed by atoms with Gasteiger partial charge in [-0.2, -0.15) is 0 Å². The number of amides is 2. The Bertz CT molecular complexity index is 1360. The third-order valence-corrected chi connectivity index (χ3v) is 7.44. The predicted octanol–water partition coefficient (Wildman–Crippen LogP) is 7.30. The van der Waals surface area contributed by atoms with Crippen LogP contribution in [0.1, 0.15) is 16.7 Å². The van der Waals surface area contributed by atoms with Crippen LogP contribution in [0, 0.1) is 0 Å². The summed E-state index contributed by atoms with van der Waals surface area (Å²) in [6, 6.07) is 16.2. The van der Waals surface area contributed by atoms with Crippen LogP contribution in [0.3, 0.4) is 0 Å². The molecule has 0 atom stereocenters. The Hall–Kier alpha value is -2.65. The number of nitrogens with zero attached hydrogens (tertiary/aromatic N) is 1. The second-order valence-corrected chi connectivity index (χ2v) is 10.4. The largest absolute Gasteiger partial charge is 0.488 e. The first kappa shape index (κ1) is 24.1. The topological polar surface area (TPSA) is 65.1 Å². The van der Waals surface area contributed by atoms with Crippen molar-refractivity contribution < 1.29 is 23.8 Å². The lowest BCUT2D eigenvalue weighted by Gasteiger charge is -2.14. The molecule has 5 rings (SSSR count). The van der Waals surface area contributed by atoms with E-state index in [0.717, 1.165) is 27.4 Å². The van der Waals surface area contributed by atoms with Crippen LogP contribution in [-0.2, 0) is 17.9 Å². The Balaban J connectivity index is 1.28. The van der Waals surface area contributed by atoms with E-state index in [2.05, 4.69) is 15.9 Å². The number of carbonyl (C=O) groups is 2. The predicted molar refractivity (Wildman–Crippen MR) is 139 cm³/mol. The van der Waals surface area contributed by atoms with Gasteiger partial charge in [-0.3, -0.25) is 14.5 Å². The van der Waals surface area contributed by atoms with Crippen molar-refractivity contribution in [1.29, 1.82) is 0 Å². The first-order valence-corrected chi connectivity index (χ1v) is 12.7. The van der Waals surface area contributed by atoms with Gasteiger partial charge in [-0.1, -0.05) is 41.4 Å². The standard InChI is InChI=1S/C25H16BrCl2NO5S/c26-18-7-15(3-6-20(18)32-12-14-1-4-17(27)5-2-14)8-23-24(30)29(25(31)35-23)11-16-9-21-22(10-19(16)28)34-13-33-21/h1-10H,11-13H2/b23-8+. The lowest BCUT2D eigenvalue weighted by molar-refractivity contribution is -0.123. The van der Waals surface area contributed by atoms with Crippen molar-refractivity contribution in [2.75, 3.05) is 6.79 Å². The molecule has 2 heterocycles. The van der Waals surface area contributed by atoms with Crippen LogP contribution >= 0.6 is 50.9 Å². The monoisotopic (exact) mass is 591 g/mol.